The van der Waals surface area contributed by atoms with Crippen molar-refractivity contribution in [3.05, 3.63) is 29.3 Å². The number of para-hydroxylation sites is 1. The van der Waals surface area contributed by atoms with Crippen LogP contribution in [0.3, 0.4) is 0 Å². The van der Waals surface area contributed by atoms with Crippen LogP contribution in [0.4, 0.5) is 0 Å². The third-order valence-corrected chi connectivity index (χ3v) is 4.03. The number of likely N-dealkylation sites (N-methyl/N-ethyl adjacent to an activating group) is 1. The van der Waals surface area contributed by atoms with E-state index in [1.807, 2.05) is 26.0 Å². The van der Waals surface area contributed by atoms with Crippen molar-refractivity contribution >= 4 is 11.9 Å². The zero-order valence-corrected chi connectivity index (χ0v) is 12.1. The Bertz CT molecular complexity index is 555. The lowest BCUT2D eigenvalue weighted by Gasteiger charge is -2.22. The Labute approximate surface area is 118 Å². The van der Waals surface area contributed by atoms with Gasteiger partial charge in [-0.3, -0.25) is 4.79 Å². The second kappa shape index (κ2) is 5.15. The van der Waals surface area contributed by atoms with E-state index < -0.39 is 12.0 Å². The van der Waals surface area contributed by atoms with E-state index in [1.54, 1.807) is 6.07 Å². The number of hydrogen-bond acceptors (Lipinski definition) is 3. The molecule has 0 spiro atoms. The number of amides is 1. The molecule has 1 aromatic carbocycles. The number of benzene rings is 1. The van der Waals surface area contributed by atoms with Gasteiger partial charge >= 0.3 is 5.97 Å². The van der Waals surface area contributed by atoms with Crippen LogP contribution < -0.4 is 4.74 Å². The Morgan fingerprint density at radius 2 is 2.00 bits per heavy atom. The number of fused-ring (bicyclic) bond motifs is 1. The largest absolute Gasteiger partial charge is 0.489 e. The molecule has 2 rings (SSSR count). The number of carboxylic acids is 1. The van der Waals surface area contributed by atoms with Gasteiger partial charge in [-0.2, -0.15) is 0 Å². The average Bonchev–Trinajstić information content (AvgIpc) is 2.72. The van der Waals surface area contributed by atoms with Crippen LogP contribution in [-0.2, 0) is 4.79 Å². The molecule has 0 fully saturated rings. The van der Waals surface area contributed by atoms with Crippen molar-refractivity contribution < 1.29 is 19.4 Å². The molecule has 1 amide bonds. The molecule has 3 atom stereocenters. The number of aliphatic carboxylic acids is 1. The van der Waals surface area contributed by atoms with Gasteiger partial charge in [0.05, 0.1) is 5.56 Å². The zero-order valence-electron chi connectivity index (χ0n) is 12.1. The van der Waals surface area contributed by atoms with E-state index in [4.69, 9.17) is 9.84 Å². The molecule has 0 aliphatic carbocycles. The summed E-state index contributed by atoms with van der Waals surface area (Å²) in [5, 5.41) is 9.00. The van der Waals surface area contributed by atoms with Crippen molar-refractivity contribution in [3.8, 4) is 5.75 Å². The maximum absolute atomic E-state index is 12.4. The summed E-state index contributed by atoms with van der Waals surface area (Å²) in [6.45, 7) is 5.49. The maximum Gasteiger partial charge on any atom is 0.326 e. The Balaban J connectivity index is 2.36. The SMILES string of the molecule is CC1Oc2c(C(=O)N(C)C(C)C(=O)O)cccc2C1C. The van der Waals surface area contributed by atoms with Crippen molar-refractivity contribution in [2.24, 2.45) is 0 Å². The topological polar surface area (TPSA) is 66.8 Å². The van der Waals surface area contributed by atoms with E-state index in [2.05, 4.69) is 0 Å². The van der Waals surface area contributed by atoms with Gasteiger partial charge in [0.2, 0.25) is 0 Å². The molecule has 5 nitrogen and oxygen atoms in total. The number of carboxylic acid groups (broad SMARTS) is 1. The highest BCUT2D eigenvalue weighted by Gasteiger charge is 2.33. The van der Waals surface area contributed by atoms with Crippen molar-refractivity contribution in [3.63, 3.8) is 0 Å². The second-order valence-corrected chi connectivity index (χ2v) is 5.27. The summed E-state index contributed by atoms with van der Waals surface area (Å²) in [5.74, 6) is -0.559. The predicted octanol–water partition coefficient (Wildman–Crippen LogP) is 2.12. The minimum atomic E-state index is -1.03. The quantitative estimate of drug-likeness (QED) is 0.919. The fraction of sp³-hybridized carbons (Fsp3) is 0.467. The van der Waals surface area contributed by atoms with Crippen molar-refractivity contribution in [1.29, 1.82) is 0 Å². The van der Waals surface area contributed by atoms with Crippen LogP contribution in [-0.4, -0.2) is 41.1 Å². The highest BCUT2D eigenvalue weighted by Crippen LogP contribution is 2.40. The van der Waals surface area contributed by atoms with E-state index in [0.29, 0.717) is 11.3 Å². The minimum absolute atomic E-state index is 0.0150. The Kier molecular flexibility index (Phi) is 3.70. The standard InChI is InChI=1S/C15H19NO4/c1-8-10(3)20-13-11(8)6-5-7-12(13)14(17)16(4)9(2)15(18)19/h5-10H,1-4H3,(H,18,19). The van der Waals surface area contributed by atoms with Gasteiger partial charge in [-0.05, 0) is 19.9 Å². The summed E-state index contributed by atoms with van der Waals surface area (Å²) >= 11 is 0. The molecular weight excluding hydrogens is 258 g/mol. The van der Waals surface area contributed by atoms with Crippen molar-refractivity contribution in [2.45, 2.75) is 38.8 Å². The van der Waals surface area contributed by atoms with Gasteiger partial charge in [0.1, 0.15) is 17.9 Å². The van der Waals surface area contributed by atoms with Gasteiger partial charge in [-0.25, -0.2) is 4.79 Å². The molecule has 1 aliphatic heterocycles. The monoisotopic (exact) mass is 277 g/mol. The smallest absolute Gasteiger partial charge is 0.326 e. The minimum Gasteiger partial charge on any atom is -0.489 e. The van der Waals surface area contributed by atoms with E-state index in [9.17, 15) is 9.59 Å². The fourth-order valence-electron chi connectivity index (χ4n) is 2.29. The van der Waals surface area contributed by atoms with E-state index in [1.165, 1.54) is 18.9 Å². The first-order valence-corrected chi connectivity index (χ1v) is 6.64. The van der Waals surface area contributed by atoms with Gasteiger partial charge in [0, 0.05) is 18.5 Å². The van der Waals surface area contributed by atoms with Gasteiger partial charge < -0.3 is 14.7 Å². The normalized spacial score (nSPS) is 21.8. The first-order valence-electron chi connectivity index (χ1n) is 6.64. The lowest BCUT2D eigenvalue weighted by molar-refractivity contribution is -0.141. The number of rotatable bonds is 3. The Morgan fingerprint density at radius 3 is 2.60 bits per heavy atom. The molecule has 5 heteroatoms. The summed E-state index contributed by atoms with van der Waals surface area (Å²) in [6.07, 6.45) is 0.0150. The predicted molar refractivity (Wildman–Crippen MR) is 74.1 cm³/mol. The summed E-state index contributed by atoms with van der Waals surface area (Å²) in [7, 11) is 1.49. The van der Waals surface area contributed by atoms with Crippen LogP contribution in [0.15, 0.2) is 18.2 Å². The Hall–Kier alpha value is -2.04. The van der Waals surface area contributed by atoms with Crippen LogP contribution in [0, 0.1) is 0 Å². The molecule has 1 N–H and O–H groups in total. The lowest BCUT2D eigenvalue weighted by Crippen LogP contribution is -2.40. The lowest BCUT2D eigenvalue weighted by atomic mass is 9.96. The third-order valence-electron chi connectivity index (χ3n) is 4.03. The first-order chi connectivity index (χ1) is 9.34. The highest BCUT2D eigenvalue weighted by molar-refractivity contribution is 5.99. The molecule has 3 unspecified atom stereocenters. The molecular formula is C15H19NO4. The third kappa shape index (κ3) is 2.24. The molecule has 0 bridgehead atoms. The fourth-order valence-corrected chi connectivity index (χ4v) is 2.29. The van der Waals surface area contributed by atoms with Gasteiger partial charge in [-0.1, -0.05) is 19.1 Å². The number of carbonyl (C=O) groups excluding carboxylic acids is 1. The maximum atomic E-state index is 12.4. The van der Waals surface area contributed by atoms with Gasteiger partial charge in [0.15, 0.2) is 0 Å². The van der Waals surface area contributed by atoms with E-state index in [0.717, 1.165) is 5.56 Å². The molecule has 0 saturated heterocycles. The molecule has 0 saturated carbocycles. The van der Waals surface area contributed by atoms with Crippen LogP contribution in [0.25, 0.3) is 0 Å². The second-order valence-electron chi connectivity index (χ2n) is 5.27. The summed E-state index contributed by atoms with van der Waals surface area (Å²) in [6, 6.07) is 4.55. The molecule has 1 heterocycles. The number of carbonyl (C=O) groups is 2. The van der Waals surface area contributed by atoms with Crippen LogP contribution >= 0.6 is 0 Å². The first kappa shape index (κ1) is 14.4. The van der Waals surface area contributed by atoms with Crippen molar-refractivity contribution in [2.75, 3.05) is 7.05 Å². The molecule has 1 aliphatic rings. The number of hydrogen-bond donors (Lipinski definition) is 1. The molecule has 20 heavy (non-hydrogen) atoms. The van der Waals surface area contributed by atoms with E-state index >= 15 is 0 Å². The molecule has 1 aromatic rings. The summed E-state index contributed by atoms with van der Waals surface area (Å²) in [4.78, 5) is 24.7. The van der Waals surface area contributed by atoms with E-state index in [-0.39, 0.29) is 17.9 Å². The molecule has 0 aromatic heterocycles. The average molecular weight is 277 g/mol. The summed E-state index contributed by atoms with van der Waals surface area (Å²) in [5.41, 5.74) is 1.43. The van der Waals surface area contributed by atoms with Gasteiger partial charge in [-0.15, -0.1) is 0 Å². The molecule has 108 valence electrons. The number of nitrogens with zero attached hydrogens (tertiary/aromatic N) is 1. The number of ether oxygens (including phenoxy) is 1. The zero-order chi connectivity index (χ0) is 15.0. The van der Waals surface area contributed by atoms with Crippen LogP contribution in [0.5, 0.6) is 5.75 Å². The molecule has 0 radical (unpaired) electrons. The van der Waals surface area contributed by atoms with Crippen molar-refractivity contribution in [1.82, 2.24) is 4.90 Å². The van der Waals surface area contributed by atoms with Crippen LogP contribution in [0.1, 0.15) is 42.6 Å². The Morgan fingerprint density at radius 1 is 1.35 bits per heavy atom. The summed E-state index contributed by atoms with van der Waals surface area (Å²) < 4.78 is 5.77. The van der Waals surface area contributed by atoms with Crippen LogP contribution in [0.2, 0.25) is 0 Å². The van der Waals surface area contributed by atoms with Gasteiger partial charge in [0.25, 0.3) is 5.91 Å². The highest BCUT2D eigenvalue weighted by atomic mass is 16.5.